The number of allylic oxidation sites excluding steroid dienone is 1. The van der Waals surface area contributed by atoms with E-state index in [0.717, 1.165) is 5.56 Å². The van der Waals surface area contributed by atoms with Crippen molar-refractivity contribution in [3.05, 3.63) is 42.5 Å². The second-order valence-electron chi connectivity index (χ2n) is 8.71. The van der Waals surface area contributed by atoms with Gasteiger partial charge in [-0.2, -0.15) is 0 Å². The summed E-state index contributed by atoms with van der Waals surface area (Å²) in [6, 6.07) is 6.85. The topological polar surface area (TPSA) is 107 Å². The molecule has 0 bridgehead atoms. The number of ether oxygens (including phenoxy) is 2. The van der Waals surface area contributed by atoms with Crippen LogP contribution in [-0.2, 0) is 30.3 Å². The summed E-state index contributed by atoms with van der Waals surface area (Å²) in [4.78, 5) is 47.4. The maximum Gasteiger partial charge on any atom is 0.314 e. The molecule has 7 nitrogen and oxygen atoms in total. The quantitative estimate of drug-likeness (QED) is 0.370. The van der Waals surface area contributed by atoms with Crippen molar-refractivity contribution in [3.63, 3.8) is 0 Å². The van der Waals surface area contributed by atoms with Gasteiger partial charge in [0.1, 0.15) is 11.9 Å². The highest BCUT2D eigenvalue weighted by atomic mass is 16.5. The maximum atomic E-state index is 12.5. The lowest BCUT2D eigenvalue weighted by Gasteiger charge is -2.30. The Morgan fingerprint density at radius 3 is 1.91 bits per heavy atom. The van der Waals surface area contributed by atoms with Gasteiger partial charge < -0.3 is 14.6 Å². The molecule has 1 aromatic carbocycles. The average Bonchev–Trinajstić information content (AvgIpc) is 2.80. The normalized spacial score (nSPS) is 25.4. The molecule has 172 valence electrons. The molecule has 0 heterocycles. The summed E-state index contributed by atoms with van der Waals surface area (Å²) in [5, 5.41) is 9.06. The van der Waals surface area contributed by atoms with Crippen LogP contribution in [0.5, 0.6) is 5.75 Å². The molecular weight excluding hydrogens is 412 g/mol. The van der Waals surface area contributed by atoms with Crippen LogP contribution in [0.2, 0.25) is 0 Å². The molecule has 2 aliphatic rings. The molecule has 0 saturated heterocycles. The molecule has 0 aliphatic heterocycles. The Morgan fingerprint density at radius 2 is 1.38 bits per heavy atom. The van der Waals surface area contributed by atoms with Crippen LogP contribution in [0, 0.1) is 17.8 Å². The monoisotopic (exact) mass is 442 g/mol. The fraction of sp³-hybridized carbons (Fsp3) is 0.520. The number of carbonyl (C=O) groups excluding carboxylic acids is 3. The summed E-state index contributed by atoms with van der Waals surface area (Å²) < 4.78 is 11.1. The Bertz CT molecular complexity index is 842. The van der Waals surface area contributed by atoms with E-state index in [9.17, 15) is 19.2 Å². The average molecular weight is 443 g/mol. The Morgan fingerprint density at radius 1 is 0.844 bits per heavy atom. The van der Waals surface area contributed by atoms with E-state index < -0.39 is 5.97 Å². The molecular formula is C25H30O7. The summed E-state index contributed by atoms with van der Waals surface area (Å²) in [5.74, 6) is -1.78. The van der Waals surface area contributed by atoms with Gasteiger partial charge in [0, 0.05) is 6.42 Å². The number of benzene rings is 1. The fourth-order valence-electron chi connectivity index (χ4n) is 4.40. The first-order valence-corrected chi connectivity index (χ1v) is 11.2. The number of esters is 2. The van der Waals surface area contributed by atoms with Crippen LogP contribution in [0.4, 0.5) is 0 Å². The van der Waals surface area contributed by atoms with Crippen molar-refractivity contribution >= 4 is 23.7 Å². The highest BCUT2D eigenvalue weighted by Crippen LogP contribution is 2.33. The van der Waals surface area contributed by atoms with Gasteiger partial charge in [-0.05, 0) is 75.1 Å². The zero-order chi connectivity index (χ0) is 23.1. The molecule has 1 aromatic rings. The Kier molecular flexibility index (Phi) is 8.20. The number of rotatable bonds is 8. The number of hydrogen-bond acceptors (Lipinski definition) is 6. The van der Waals surface area contributed by atoms with Gasteiger partial charge in [0.25, 0.3) is 0 Å². The van der Waals surface area contributed by atoms with Crippen LogP contribution in [0.25, 0.3) is 0 Å². The third kappa shape index (κ3) is 6.52. The summed E-state index contributed by atoms with van der Waals surface area (Å²) >= 11 is 0. The van der Waals surface area contributed by atoms with Gasteiger partial charge in [-0.25, -0.2) is 0 Å². The summed E-state index contributed by atoms with van der Waals surface area (Å²) in [5.41, 5.74) is 0.824. The molecule has 0 atom stereocenters. The molecule has 7 heteroatoms. The second-order valence-corrected chi connectivity index (χ2v) is 8.71. The molecule has 0 radical (unpaired) electrons. The predicted molar refractivity (Wildman–Crippen MR) is 116 cm³/mol. The Balaban J connectivity index is 1.40. The van der Waals surface area contributed by atoms with E-state index in [0.29, 0.717) is 57.1 Å². The van der Waals surface area contributed by atoms with Gasteiger partial charge >= 0.3 is 17.9 Å². The van der Waals surface area contributed by atoms with Crippen LogP contribution in [0.15, 0.2) is 36.9 Å². The van der Waals surface area contributed by atoms with Crippen molar-refractivity contribution in [2.45, 2.75) is 63.9 Å². The number of aliphatic carboxylic acids is 1. The highest BCUT2D eigenvalue weighted by molar-refractivity contribution is 5.90. The summed E-state index contributed by atoms with van der Waals surface area (Å²) in [7, 11) is 0. The van der Waals surface area contributed by atoms with E-state index in [4.69, 9.17) is 14.6 Å². The standard InChI is InChI=1S/C25H30O7/c1-2-20(26)15-16-3-11-21(12-4-16)31-24(29)18-5-7-19(8-6-18)25(30)32-22-13-9-17(10-14-22)23(27)28/h2-4,11-12,17-19,22H,1,5-10,13-15H2,(H,27,28). The zero-order valence-electron chi connectivity index (χ0n) is 18.2. The molecule has 2 saturated carbocycles. The Hall–Kier alpha value is -2.96. The van der Waals surface area contributed by atoms with Crippen LogP contribution in [0.3, 0.4) is 0 Å². The van der Waals surface area contributed by atoms with Crippen LogP contribution in [0.1, 0.15) is 56.9 Å². The van der Waals surface area contributed by atoms with Gasteiger partial charge in [0.05, 0.1) is 17.8 Å². The predicted octanol–water partition coefficient (Wildman–Crippen LogP) is 3.88. The molecule has 3 rings (SSSR count). The van der Waals surface area contributed by atoms with Crippen molar-refractivity contribution in [2.24, 2.45) is 17.8 Å². The van der Waals surface area contributed by atoms with E-state index in [1.807, 2.05) is 0 Å². The zero-order valence-corrected chi connectivity index (χ0v) is 18.2. The van der Waals surface area contributed by atoms with E-state index in [1.165, 1.54) is 6.08 Å². The minimum Gasteiger partial charge on any atom is -0.481 e. The SMILES string of the molecule is C=CC(=O)Cc1ccc(OC(=O)C2CCC(C(=O)OC3CCC(C(=O)O)CC3)CC2)cc1. The van der Waals surface area contributed by atoms with Crippen molar-refractivity contribution in [1.82, 2.24) is 0 Å². The number of carbonyl (C=O) groups is 4. The third-order valence-corrected chi connectivity index (χ3v) is 6.45. The first-order chi connectivity index (χ1) is 15.4. The van der Waals surface area contributed by atoms with Gasteiger partial charge in [0.2, 0.25) is 0 Å². The second kappa shape index (κ2) is 11.1. The first-order valence-electron chi connectivity index (χ1n) is 11.2. The van der Waals surface area contributed by atoms with Crippen molar-refractivity contribution in [2.75, 3.05) is 0 Å². The maximum absolute atomic E-state index is 12.5. The molecule has 1 N–H and O–H groups in total. The van der Waals surface area contributed by atoms with E-state index >= 15 is 0 Å². The van der Waals surface area contributed by atoms with Crippen molar-refractivity contribution < 1.29 is 33.8 Å². The van der Waals surface area contributed by atoms with Crippen LogP contribution >= 0.6 is 0 Å². The molecule has 2 fully saturated rings. The van der Waals surface area contributed by atoms with Gasteiger partial charge in [0.15, 0.2) is 5.78 Å². The first kappa shape index (κ1) is 23.7. The lowest BCUT2D eigenvalue weighted by Crippen LogP contribution is -2.33. The van der Waals surface area contributed by atoms with Gasteiger partial charge in [-0.15, -0.1) is 0 Å². The van der Waals surface area contributed by atoms with Crippen molar-refractivity contribution in [1.29, 1.82) is 0 Å². The molecule has 0 aromatic heterocycles. The number of carboxylic acids is 1. The number of carboxylic acid groups (broad SMARTS) is 1. The molecule has 0 unspecified atom stereocenters. The van der Waals surface area contributed by atoms with E-state index in [-0.39, 0.29) is 48.0 Å². The van der Waals surface area contributed by atoms with E-state index in [1.54, 1.807) is 24.3 Å². The minimum atomic E-state index is -0.779. The molecule has 2 aliphatic carbocycles. The van der Waals surface area contributed by atoms with Crippen LogP contribution < -0.4 is 4.74 Å². The van der Waals surface area contributed by atoms with E-state index in [2.05, 4.69) is 6.58 Å². The lowest BCUT2D eigenvalue weighted by molar-refractivity contribution is -0.159. The molecule has 32 heavy (non-hydrogen) atoms. The fourth-order valence-corrected chi connectivity index (χ4v) is 4.40. The lowest BCUT2D eigenvalue weighted by atomic mass is 9.82. The highest BCUT2D eigenvalue weighted by Gasteiger charge is 2.34. The third-order valence-electron chi connectivity index (χ3n) is 6.45. The molecule has 0 amide bonds. The van der Waals surface area contributed by atoms with Gasteiger partial charge in [-0.1, -0.05) is 18.7 Å². The molecule has 0 spiro atoms. The van der Waals surface area contributed by atoms with Crippen LogP contribution in [-0.4, -0.2) is 34.9 Å². The Labute approximate surface area is 187 Å². The van der Waals surface area contributed by atoms with Gasteiger partial charge in [-0.3, -0.25) is 19.2 Å². The number of ketones is 1. The summed E-state index contributed by atoms with van der Waals surface area (Å²) in [6.07, 6.45) is 5.88. The summed E-state index contributed by atoms with van der Waals surface area (Å²) in [6.45, 7) is 3.45. The van der Waals surface area contributed by atoms with Crippen molar-refractivity contribution in [3.8, 4) is 5.75 Å². The smallest absolute Gasteiger partial charge is 0.314 e. The minimum absolute atomic E-state index is 0.0713. The largest absolute Gasteiger partial charge is 0.481 e. The number of hydrogen-bond donors (Lipinski definition) is 1.